The van der Waals surface area contributed by atoms with Gasteiger partial charge in [-0.1, -0.05) is 51.9 Å². The third-order valence-electron chi connectivity index (χ3n) is 3.61. The van der Waals surface area contributed by atoms with Crippen LogP contribution in [0.3, 0.4) is 0 Å². The van der Waals surface area contributed by atoms with Crippen molar-refractivity contribution in [3.05, 3.63) is 41.5 Å². The molecule has 0 saturated carbocycles. The van der Waals surface area contributed by atoms with Gasteiger partial charge < -0.3 is 4.52 Å². The number of benzene rings is 1. The fourth-order valence-electron chi connectivity index (χ4n) is 2.07. The second-order valence-corrected chi connectivity index (χ2v) is 8.90. The van der Waals surface area contributed by atoms with E-state index >= 15 is 0 Å². The van der Waals surface area contributed by atoms with E-state index in [-0.39, 0.29) is 16.9 Å². The fourth-order valence-corrected chi connectivity index (χ4v) is 3.10. The van der Waals surface area contributed by atoms with Crippen molar-refractivity contribution in [2.24, 2.45) is 0 Å². The van der Waals surface area contributed by atoms with Crippen molar-refractivity contribution in [1.29, 1.82) is 0 Å². The van der Waals surface area contributed by atoms with Crippen molar-refractivity contribution in [2.45, 2.75) is 57.3 Å². The number of aromatic nitrogens is 2. The second kappa shape index (κ2) is 7.03. The van der Waals surface area contributed by atoms with E-state index in [9.17, 15) is 8.42 Å². The molecule has 132 valence electrons. The largest absolute Gasteiger partial charge is 0.339 e. The first kappa shape index (κ1) is 18.6. The third-order valence-corrected chi connectivity index (χ3v) is 5.08. The van der Waals surface area contributed by atoms with Gasteiger partial charge in [0.25, 0.3) is 0 Å². The number of nitrogens with zero attached hydrogens (tertiary/aromatic N) is 2. The summed E-state index contributed by atoms with van der Waals surface area (Å²) in [6, 6.07) is 6.94. The van der Waals surface area contributed by atoms with Gasteiger partial charge in [0.05, 0.1) is 4.90 Å². The van der Waals surface area contributed by atoms with Crippen LogP contribution in [0.25, 0.3) is 0 Å². The first-order valence-corrected chi connectivity index (χ1v) is 9.50. The van der Waals surface area contributed by atoms with E-state index in [2.05, 4.69) is 28.7 Å². The lowest BCUT2D eigenvalue weighted by Crippen LogP contribution is -2.26. The van der Waals surface area contributed by atoms with Gasteiger partial charge in [0.2, 0.25) is 15.9 Å². The highest BCUT2D eigenvalue weighted by Crippen LogP contribution is 2.20. The minimum absolute atomic E-state index is 0.219. The summed E-state index contributed by atoms with van der Waals surface area (Å²) in [4.78, 5) is 4.55. The normalized spacial score (nSPS) is 12.8. The predicted molar refractivity (Wildman–Crippen MR) is 92.4 cm³/mol. The molecule has 0 unspecified atom stereocenters. The minimum atomic E-state index is -3.53. The molecule has 1 aromatic carbocycles. The van der Waals surface area contributed by atoms with Crippen LogP contribution in [-0.2, 0) is 21.9 Å². The molecule has 1 N–H and O–H groups in total. The van der Waals surface area contributed by atoms with Gasteiger partial charge in [0.1, 0.15) is 0 Å². The van der Waals surface area contributed by atoms with Crippen LogP contribution in [-0.4, -0.2) is 25.1 Å². The molecule has 0 spiro atoms. The summed E-state index contributed by atoms with van der Waals surface area (Å²) in [7, 11) is -3.53. The Hall–Kier alpha value is -1.73. The quantitative estimate of drug-likeness (QED) is 0.865. The molecule has 6 nitrogen and oxygen atoms in total. The van der Waals surface area contributed by atoms with Crippen molar-refractivity contribution in [3.63, 3.8) is 0 Å². The van der Waals surface area contributed by atoms with E-state index in [1.54, 1.807) is 12.1 Å². The lowest BCUT2D eigenvalue weighted by Gasteiger charge is -2.10. The van der Waals surface area contributed by atoms with Crippen molar-refractivity contribution in [1.82, 2.24) is 14.9 Å². The van der Waals surface area contributed by atoms with E-state index in [0.717, 1.165) is 5.56 Å². The Labute approximate surface area is 143 Å². The molecule has 1 heterocycles. The Morgan fingerprint density at radius 2 is 1.79 bits per heavy atom. The highest BCUT2D eigenvalue weighted by molar-refractivity contribution is 7.89. The van der Waals surface area contributed by atoms with Gasteiger partial charge in [-0.25, -0.2) is 13.1 Å². The summed E-state index contributed by atoms with van der Waals surface area (Å²) in [6.07, 6.45) is 0.378. The Balaban J connectivity index is 1.96. The molecule has 0 radical (unpaired) electrons. The Bertz CT molecular complexity index is 772. The van der Waals surface area contributed by atoms with Crippen LogP contribution in [0, 0.1) is 0 Å². The van der Waals surface area contributed by atoms with Gasteiger partial charge in [-0.15, -0.1) is 0 Å². The third kappa shape index (κ3) is 4.64. The molecule has 0 amide bonds. The Kier molecular flexibility index (Phi) is 5.45. The molecule has 0 saturated heterocycles. The Morgan fingerprint density at radius 1 is 1.17 bits per heavy atom. The van der Waals surface area contributed by atoms with E-state index in [4.69, 9.17) is 4.52 Å². The topological polar surface area (TPSA) is 85.1 Å². The van der Waals surface area contributed by atoms with Crippen molar-refractivity contribution in [2.75, 3.05) is 6.54 Å². The summed E-state index contributed by atoms with van der Waals surface area (Å²) < 4.78 is 32.3. The van der Waals surface area contributed by atoms with Crippen molar-refractivity contribution >= 4 is 10.0 Å². The van der Waals surface area contributed by atoms with Crippen LogP contribution < -0.4 is 4.72 Å². The molecule has 0 aliphatic heterocycles. The molecule has 7 heteroatoms. The SMILES string of the molecule is CC(C)c1ccc(S(=O)(=O)NCCc2noc(C(C)(C)C)n2)cc1. The minimum Gasteiger partial charge on any atom is -0.339 e. The highest BCUT2D eigenvalue weighted by Gasteiger charge is 2.22. The van der Waals surface area contributed by atoms with Crippen LogP contribution in [0.2, 0.25) is 0 Å². The summed E-state index contributed by atoms with van der Waals surface area (Å²) in [6.45, 7) is 10.3. The summed E-state index contributed by atoms with van der Waals surface area (Å²) in [5.41, 5.74) is 0.888. The smallest absolute Gasteiger partial charge is 0.240 e. The van der Waals surface area contributed by atoms with Gasteiger partial charge in [-0.2, -0.15) is 4.98 Å². The lowest BCUT2D eigenvalue weighted by atomic mass is 9.97. The molecule has 2 aromatic rings. The van der Waals surface area contributed by atoms with Crippen LogP contribution in [0.5, 0.6) is 0 Å². The van der Waals surface area contributed by atoms with Gasteiger partial charge >= 0.3 is 0 Å². The van der Waals surface area contributed by atoms with E-state index in [1.807, 2.05) is 32.9 Å². The zero-order valence-corrected chi connectivity index (χ0v) is 15.6. The van der Waals surface area contributed by atoms with E-state index in [1.165, 1.54) is 0 Å². The van der Waals surface area contributed by atoms with Crippen LogP contribution in [0.1, 0.15) is 57.8 Å². The van der Waals surface area contributed by atoms with Gasteiger partial charge in [-0.3, -0.25) is 0 Å². The zero-order chi connectivity index (χ0) is 18.0. The maximum atomic E-state index is 12.3. The summed E-state index contributed by atoms with van der Waals surface area (Å²) in [5, 5.41) is 3.89. The van der Waals surface area contributed by atoms with Crippen LogP contribution in [0.4, 0.5) is 0 Å². The zero-order valence-electron chi connectivity index (χ0n) is 14.8. The molecule has 0 aliphatic rings. The van der Waals surface area contributed by atoms with Gasteiger partial charge in [-0.05, 0) is 23.6 Å². The number of rotatable bonds is 6. The maximum Gasteiger partial charge on any atom is 0.240 e. The van der Waals surface area contributed by atoms with Crippen molar-refractivity contribution in [3.8, 4) is 0 Å². The molecule has 0 atom stereocenters. The molecule has 1 aromatic heterocycles. The molecule has 24 heavy (non-hydrogen) atoms. The molecule has 0 aliphatic carbocycles. The first-order valence-electron chi connectivity index (χ1n) is 8.02. The van der Waals surface area contributed by atoms with Gasteiger partial charge in [0, 0.05) is 18.4 Å². The summed E-state index contributed by atoms with van der Waals surface area (Å²) >= 11 is 0. The fraction of sp³-hybridized carbons (Fsp3) is 0.529. The molecule has 0 bridgehead atoms. The average molecular weight is 351 g/mol. The average Bonchev–Trinajstić information content (AvgIpc) is 2.96. The molecule has 0 fully saturated rings. The maximum absolute atomic E-state index is 12.3. The number of hydrogen-bond donors (Lipinski definition) is 1. The van der Waals surface area contributed by atoms with Crippen molar-refractivity contribution < 1.29 is 12.9 Å². The Morgan fingerprint density at radius 3 is 2.29 bits per heavy atom. The standard InChI is InChI=1S/C17H25N3O3S/c1-12(2)13-6-8-14(9-7-13)24(21,22)18-11-10-15-19-16(23-20-15)17(3,4)5/h6-9,12,18H,10-11H2,1-5H3. The molecular weight excluding hydrogens is 326 g/mol. The van der Waals surface area contributed by atoms with E-state index < -0.39 is 10.0 Å². The molecule has 2 rings (SSSR count). The predicted octanol–water partition coefficient (Wildman–Crippen LogP) is 3.01. The number of sulfonamides is 1. The number of hydrogen-bond acceptors (Lipinski definition) is 5. The highest BCUT2D eigenvalue weighted by atomic mass is 32.2. The lowest BCUT2D eigenvalue weighted by molar-refractivity contribution is 0.318. The van der Waals surface area contributed by atoms with E-state index in [0.29, 0.717) is 24.1 Å². The monoisotopic (exact) mass is 351 g/mol. The van der Waals surface area contributed by atoms with Crippen LogP contribution in [0.15, 0.2) is 33.7 Å². The summed E-state index contributed by atoms with van der Waals surface area (Å²) in [5.74, 6) is 1.41. The van der Waals surface area contributed by atoms with Gasteiger partial charge in [0.15, 0.2) is 5.82 Å². The number of nitrogens with one attached hydrogen (secondary N) is 1. The second-order valence-electron chi connectivity index (χ2n) is 7.14. The molecular formula is C17H25N3O3S. The first-order chi connectivity index (χ1) is 11.1. The van der Waals surface area contributed by atoms with Crippen LogP contribution >= 0.6 is 0 Å².